The Balaban J connectivity index is 1.54. The molecular formula is C13H16N4O2S. The van der Waals surface area contributed by atoms with Gasteiger partial charge in [0.1, 0.15) is 21.8 Å². The Kier molecular flexibility index (Phi) is 4.08. The zero-order valence-corrected chi connectivity index (χ0v) is 11.9. The van der Waals surface area contributed by atoms with Gasteiger partial charge in [-0.2, -0.15) is 0 Å². The van der Waals surface area contributed by atoms with Crippen molar-refractivity contribution in [3.63, 3.8) is 0 Å². The van der Waals surface area contributed by atoms with Crippen LogP contribution in [0.2, 0.25) is 0 Å². The number of nitrogens with one attached hydrogen (secondary N) is 1. The number of rotatable bonds is 5. The fourth-order valence-corrected chi connectivity index (χ4v) is 3.08. The predicted molar refractivity (Wildman–Crippen MR) is 74.3 cm³/mol. The molecule has 1 fully saturated rings. The summed E-state index contributed by atoms with van der Waals surface area (Å²) in [6.07, 6.45) is 5.66. The van der Waals surface area contributed by atoms with Crippen LogP contribution in [0.4, 0.5) is 0 Å². The zero-order chi connectivity index (χ0) is 13.8. The van der Waals surface area contributed by atoms with Crippen LogP contribution in [0.15, 0.2) is 23.0 Å². The molecule has 2 aromatic rings. The first kappa shape index (κ1) is 13.3. The van der Waals surface area contributed by atoms with Crippen molar-refractivity contribution < 1.29 is 9.32 Å². The van der Waals surface area contributed by atoms with E-state index in [9.17, 15) is 4.79 Å². The van der Waals surface area contributed by atoms with E-state index >= 15 is 0 Å². The van der Waals surface area contributed by atoms with Crippen molar-refractivity contribution >= 4 is 17.2 Å². The summed E-state index contributed by atoms with van der Waals surface area (Å²) < 4.78 is 4.71. The van der Waals surface area contributed by atoms with E-state index in [0.29, 0.717) is 17.1 Å². The molecule has 0 aromatic carbocycles. The van der Waals surface area contributed by atoms with Crippen molar-refractivity contribution in [2.24, 2.45) is 0 Å². The van der Waals surface area contributed by atoms with Gasteiger partial charge in [0.05, 0.1) is 19.3 Å². The van der Waals surface area contributed by atoms with E-state index < -0.39 is 0 Å². The molecule has 1 N–H and O–H groups in total. The summed E-state index contributed by atoms with van der Waals surface area (Å²) in [5.41, 5.74) is 0.708. The van der Waals surface area contributed by atoms with Gasteiger partial charge in [-0.15, -0.1) is 11.3 Å². The normalized spacial score (nSPS) is 15.6. The van der Waals surface area contributed by atoms with Gasteiger partial charge >= 0.3 is 0 Å². The van der Waals surface area contributed by atoms with E-state index in [-0.39, 0.29) is 5.91 Å². The van der Waals surface area contributed by atoms with Gasteiger partial charge in [0.2, 0.25) is 0 Å². The van der Waals surface area contributed by atoms with Gasteiger partial charge in [-0.3, -0.25) is 9.69 Å². The molecule has 0 radical (unpaired) electrons. The van der Waals surface area contributed by atoms with E-state index in [1.54, 1.807) is 12.3 Å². The molecule has 0 atom stereocenters. The maximum absolute atomic E-state index is 12.0. The van der Waals surface area contributed by atoms with Crippen LogP contribution in [0.1, 0.15) is 33.2 Å². The SMILES string of the molecule is O=C(NCc1ccon1)c1cnc(CN2CCCC2)s1. The average molecular weight is 292 g/mol. The molecule has 0 spiro atoms. The Morgan fingerprint density at radius 1 is 1.45 bits per heavy atom. The van der Waals surface area contributed by atoms with Crippen molar-refractivity contribution in [2.45, 2.75) is 25.9 Å². The molecule has 6 nitrogen and oxygen atoms in total. The van der Waals surface area contributed by atoms with Gasteiger partial charge in [-0.1, -0.05) is 5.16 Å². The summed E-state index contributed by atoms with van der Waals surface area (Å²) >= 11 is 1.46. The number of amides is 1. The summed E-state index contributed by atoms with van der Waals surface area (Å²) in [6.45, 7) is 3.48. The lowest BCUT2D eigenvalue weighted by molar-refractivity contribution is 0.0954. The Morgan fingerprint density at radius 3 is 3.05 bits per heavy atom. The highest BCUT2D eigenvalue weighted by atomic mass is 32.1. The van der Waals surface area contributed by atoms with Crippen LogP contribution >= 0.6 is 11.3 Å². The summed E-state index contributed by atoms with van der Waals surface area (Å²) in [7, 11) is 0. The number of aromatic nitrogens is 2. The van der Waals surface area contributed by atoms with Crippen LogP contribution in [-0.2, 0) is 13.1 Å². The quantitative estimate of drug-likeness (QED) is 0.907. The summed E-state index contributed by atoms with van der Waals surface area (Å²) in [5, 5.41) is 7.55. The maximum atomic E-state index is 12.0. The minimum atomic E-state index is -0.113. The Hall–Kier alpha value is -1.73. The highest BCUT2D eigenvalue weighted by Gasteiger charge is 2.15. The molecule has 20 heavy (non-hydrogen) atoms. The Bertz CT molecular complexity index is 561. The molecule has 1 saturated heterocycles. The smallest absolute Gasteiger partial charge is 0.263 e. The van der Waals surface area contributed by atoms with E-state index in [1.165, 1.54) is 30.4 Å². The van der Waals surface area contributed by atoms with Crippen molar-refractivity contribution in [1.29, 1.82) is 0 Å². The molecule has 106 valence electrons. The first-order valence-electron chi connectivity index (χ1n) is 6.66. The lowest BCUT2D eigenvalue weighted by atomic mass is 10.4. The molecule has 0 saturated carbocycles. The number of hydrogen-bond acceptors (Lipinski definition) is 6. The van der Waals surface area contributed by atoms with E-state index in [1.807, 2.05) is 0 Å². The lowest BCUT2D eigenvalue weighted by Gasteiger charge is -2.11. The third-order valence-electron chi connectivity index (χ3n) is 3.26. The molecule has 3 rings (SSSR count). The van der Waals surface area contributed by atoms with Crippen molar-refractivity contribution in [3.8, 4) is 0 Å². The van der Waals surface area contributed by atoms with Crippen molar-refractivity contribution in [1.82, 2.24) is 20.4 Å². The van der Waals surface area contributed by atoms with Crippen molar-refractivity contribution in [3.05, 3.63) is 34.1 Å². The third-order valence-corrected chi connectivity index (χ3v) is 4.24. The van der Waals surface area contributed by atoms with Crippen LogP contribution in [-0.4, -0.2) is 34.0 Å². The van der Waals surface area contributed by atoms with Crippen LogP contribution in [0.25, 0.3) is 0 Å². The van der Waals surface area contributed by atoms with Gasteiger partial charge in [0.15, 0.2) is 0 Å². The standard InChI is InChI=1S/C13H16N4O2S/c18-13(15-7-10-3-6-19-16-10)11-8-14-12(20-11)9-17-4-1-2-5-17/h3,6,8H,1-2,4-5,7,9H2,(H,15,18). The monoisotopic (exact) mass is 292 g/mol. The molecule has 1 amide bonds. The van der Waals surface area contributed by atoms with E-state index in [0.717, 1.165) is 24.6 Å². The van der Waals surface area contributed by atoms with Gasteiger partial charge in [-0.25, -0.2) is 4.98 Å². The first-order valence-corrected chi connectivity index (χ1v) is 7.47. The van der Waals surface area contributed by atoms with Crippen LogP contribution in [0.3, 0.4) is 0 Å². The Morgan fingerprint density at radius 2 is 2.30 bits per heavy atom. The highest BCUT2D eigenvalue weighted by Crippen LogP contribution is 2.17. The second-order valence-electron chi connectivity index (χ2n) is 4.77. The molecule has 0 bridgehead atoms. The molecule has 2 aromatic heterocycles. The number of likely N-dealkylation sites (tertiary alicyclic amines) is 1. The van der Waals surface area contributed by atoms with Crippen LogP contribution in [0, 0.1) is 0 Å². The minimum absolute atomic E-state index is 0.113. The van der Waals surface area contributed by atoms with Crippen LogP contribution < -0.4 is 5.32 Å². The number of thiazole rings is 1. The van der Waals surface area contributed by atoms with Gasteiger partial charge in [-0.05, 0) is 25.9 Å². The maximum Gasteiger partial charge on any atom is 0.263 e. The predicted octanol–water partition coefficient (Wildman–Crippen LogP) is 1.66. The first-order chi connectivity index (χ1) is 9.81. The molecule has 1 aliphatic heterocycles. The van der Waals surface area contributed by atoms with Crippen LogP contribution in [0.5, 0.6) is 0 Å². The number of carbonyl (C=O) groups is 1. The fraction of sp³-hybridized carbons (Fsp3) is 0.462. The summed E-state index contributed by atoms with van der Waals surface area (Å²) in [5.74, 6) is -0.113. The van der Waals surface area contributed by atoms with Gasteiger partial charge in [0, 0.05) is 6.07 Å². The average Bonchev–Trinajstić information content (AvgIpc) is 3.19. The Labute approximate surface area is 120 Å². The second kappa shape index (κ2) is 6.15. The molecule has 0 aliphatic carbocycles. The number of hydrogen-bond donors (Lipinski definition) is 1. The highest BCUT2D eigenvalue weighted by molar-refractivity contribution is 7.13. The van der Waals surface area contributed by atoms with Gasteiger partial charge in [0.25, 0.3) is 5.91 Å². The largest absolute Gasteiger partial charge is 0.364 e. The topological polar surface area (TPSA) is 71.3 Å². The zero-order valence-electron chi connectivity index (χ0n) is 11.0. The van der Waals surface area contributed by atoms with Gasteiger partial charge < -0.3 is 9.84 Å². The third kappa shape index (κ3) is 3.23. The molecule has 0 unspecified atom stereocenters. The second-order valence-corrected chi connectivity index (χ2v) is 5.89. The molecular weight excluding hydrogens is 276 g/mol. The summed E-state index contributed by atoms with van der Waals surface area (Å²) in [4.78, 5) is 19.3. The summed E-state index contributed by atoms with van der Waals surface area (Å²) in [6, 6.07) is 1.73. The van der Waals surface area contributed by atoms with E-state index in [2.05, 4.69) is 20.4 Å². The molecule has 3 heterocycles. The number of nitrogens with zero attached hydrogens (tertiary/aromatic N) is 3. The number of carbonyl (C=O) groups excluding carboxylic acids is 1. The minimum Gasteiger partial charge on any atom is -0.364 e. The van der Waals surface area contributed by atoms with E-state index in [4.69, 9.17) is 4.52 Å². The molecule has 7 heteroatoms. The fourth-order valence-electron chi connectivity index (χ4n) is 2.21. The van der Waals surface area contributed by atoms with Crippen molar-refractivity contribution in [2.75, 3.05) is 13.1 Å². The molecule has 1 aliphatic rings. The lowest BCUT2D eigenvalue weighted by Crippen LogP contribution is -2.21.